The Morgan fingerprint density at radius 2 is 2.06 bits per heavy atom. The molecule has 1 rings (SSSR count). The van der Waals surface area contributed by atoms with Crippen LogP contribution < -0.4 is 5.32 Å². The van der Waals surface area contributed by atoms with Crippen LogP contribution in [0, 0.1) is 11.3 Å². The largest absolute Gasteiger partial charge is 0.468 e. The van der Waals surface area contributed by atoms with Gasteiger partial charge in [0.1, 0.15) is 6.04 Å². The van der Waals surface area contributed by atoms with Gasteiger partial charge >= 0.3 is 5.97 Å². The predicted octanol–water partition coefficient (Wildman–Crippen LogP) is 2.74. The second kappa shape index (κ2) is 5.85. The van der Waals surface area contributed by atoms with E-state index in [-0.39, 0.29) is 17.9 Å². The lowest BCUT2D eigenvalue weighted by Crippen LogP contribution is -2.49. The van der Waals surface area contributed by atoms with Gasteiger partial charge in [0.2, 0.25) is 0 Å². The van der Waals surface area contributed by atoms with Crippen LogP contribution in [0.5, 0.6) is 0 Å². The van der Waals surface area contributed by atoms with E-state index in [2.05, 4.69) is 33.0 Å². The van der Waals surface area contributed by atoms with Crippen LogP contribution in [0.15, 0.2) is 0 Å². The van der Waals surface area contributed by atoms with Gasteiger partial charge in [0, 0.05) is 6.04 Å². The average Bonchev–Trinajstić information content (AvgIpc) is 2.23. The third-order valence-corrected chi connectivity index (χ3v) is 3.74. The molecule has 0 aromatic carbocycles. The number of carbonyl (C=O) groups is 1. The van der Waals surface area contributed by atoms with Gasteiger partial charge in [0.15, 0.2) is 0 Å². The van der Waals surface area contributed by atoms with Crippen LogP contribution in [0.2, 0.25) is 0 Å². The molecule has 1 N–H and O–H groups in total. The van der Waals surface area contributed by atoms with Gasteiger partial charge in [-0.15, -0.1) is 0 Å². The quantitative estimate of drug-likeness (QED) is 0.769. The Labute approximate surface area is 105 Å². The van der Waals surface area contributed by atoms with E-state index >= 15 is 0 Å². The molecule has 1 saturated carbocycles. The summed E-state index contributed by atoms with van der Waals surface area (Å²) in [6, 6.07) is 0.282. The van der Waals surface area contributed by atoms with Crippen LogP contribution >= 0.6 is 0 Å². The second-order valence-corrected chi connectivity index (χ2v) is 6.37. The van der Waals surface area contributed by atoms with Crippen LogP contribution in [-0.2, 0) is 9.53 Å². The van der Waals surface area contributed by atoms with Crippen molar-refractivity contribution in [3.05, 3.63) is 0 Å². The summed E-state index contributed by atoms with van der Waals surface area (Å²) in [6.07, 6.45) is 4.85. The SMILES string of the molecule is COC(=O)[C@@H](NC1CCCC(C)(C)C1)C(C)C. The van der Waals surface area contributed by atoms with Crippen LogP contribution in [-0.4, -0.2) is 25.2 Å². The molecule has 0 aliphatic heterocycles. The smallest absolute Gasteiger partial charge is 0.323 e. The molecular formula is C14H27NO2. The first-order chi connectivity index (χ1) is 7.85. The maximum Gasteiger partial charge on any atom is 0.323 e. The van der Waals surface area contributed by atoms with Gasteiger partial charge in [-0.3, -0.25) is 4.79 Å². The summed E-state index contributed by atoms with van der Waals surface area (Å²) >= 11 is 0. The predicted molar refractivity (Wildman–Crippen MR) is 69.8 cm³/mol. The number of nitrogens with one attached hydrogen (secondary N) is 1. The molecule has 100 valence electrons. The lowest BCUT2D eigenvalue weighted by atomic mass is 9.75. The molecule has 3 nitrogen and oxygen atoms in total. The summed E-state index contributed by atoms with van der Waals surface area (Å²) in [4.78, 5) is 11.7. The van der Waals surface area contributed by atoms with Crippen LogP contribution in [0.25, 0.3) is 0 Å². The van der Waals surface area contributed by atoms with Gasteiger partial charge < -0.3 is 10.1 Å². The van der Waals surface area contributed by atoms with E-state index in [4.69, 9.17) is 4.74 Å². The van der Waals surface area contributed by atoms with Crippen molar-refractivity contribution in [2.45, 2.75) is 65.5 Å². The molecule has 0 aromatic rings. The average molecular weight is 241 g/mol. The molecule has 1 fully saturated rings. The Kier molecular flexibility index (Phi) is 4.99. The number of esters is 1. The van der Waals surface area contributed by atoms with Crippen molar-refractivity contribution in [1.29, 1.82) is 0 Å². The Morgan fingerprint density at radius 3 is 2.53 bits per heavy atom. The molecule has 0 amide bonds. The molecule has 3 heteroatoms. The Bertz CT molecular complexity index is 261. The maximum absolute atomic E-state index is 11.7. The van der Waals surface area contributed by atoms with Gasteiger partial charge in [-0.05, 0) is 30.6 Å². The van der Waals surface area contributed by atoms with Gasteiger partial charge in [-0.25, -0.2) is 0 Å². The molecule has 17 heavy (non-hydrogen) atoms. The maximum atomic E-state index is 11.7. The number of ether oxygens (including phenoxy) is 1. The lowest BCUT2D eigenvalue weighted by molar-refractivity contribution is -0.144. The van der Waals surface area contributed by atoms with E-state index in [1.165, 1.54) is 26.4 Å². The molecule has 0 spiro atoms. The van der Waals surface area contributed by atoms with Crippen LogP contribution in [0.4, 0.5) is 0 Å². The minimum atomic E-state index is -0.168. The molecule has 0 radical (unpaired) electrons. The molecule has 1 aliphatic carbocycles. The van der Waals surface area contributed by atoms with Crippen molar-refractivity contribution in [1.82, 2.24) is 5.32 Å². The zero-order valence-electron chi connectivity index (χ0n) is 11.9. The Morgan fingerprint density at radius 1 is 1.41 bits per heavy atom. The fourth-order valence-corrected chi connectivity index (χ4v) is 2.75. The van der Waals surface area contributed by atoms with Gasteiger partial charge in [0.05, 0.1) is 7.11 Å². The summed E-state index contributed by atoms with van der Waals surface area (Å²) < 4.78 is 4.87. The van der Waals surface area contributed by atoms with Crippen LogP contribution in [0.3, 0.4) is 0 Å². The zero-order valence-corrected chi connectivity index (χ0v) is 11.9. The number of hydrogen-bond donors (Lipinski definition) is 1. The number of carbonyl (C=O) groups excluding carboxylic acids is 1. The normalized spacial score (nSPS) is 25.6. The third kappa shape index (κ3) is 4.30. The summed E-state index contributed by atoms with van der Waals surface area (Å²) in [6.45, 7) is 8.73. The summed E-state index contributed by atoms with van der Waals surface area (Å²) in [5, 5.41) is 3.49. The molecule has 2 atom stereocenters. The topological polar surface area (TPSA) is 38.3 Å². The first-order valence-corrected chi connectivity index (χ1v) is 6.69. The molecular weight excluding hydrogens is 214 g/mol. The van der Waals surface area contributed by atoms with E-state index in [0.29, 0.717) is 11.5 Å². The van der Waals surface area contributed by atoms with E-state index in [1.54, 1.807) is 0 Å². The number of rotatable bonds is 4. The summed E-state index contributed by atoms with van der Waals surface area (Å²) in [5.41, 5.74) is 0.396. The van der Waals surface area contributed by atoms with Gasteiger partial charge in [0.25, 0.3) is 0 Å². The van der Waals surface area contributed by atoms with Crippen molar-refractivity contribution in [3.63, 3.8) is 0 Å². The van der Waals surface area contributed by atoms with E-state index in [0.717, 1.165) is 6.42 Å². The Balaban J connectivity index is 2.58. The minimum Gasteiger partial charge on any atom is -0.468 e. The molecule has 0 aromatic heterocycles. The molecule has 1 aliphatic rings. The highest BCUT2D eigenvalue weighted by Crippen LogP contribution is 2.35. The molecule has 0 heterocycles. The van der Waals surface area contributed by atoms with Gasteiger partial charge in [-0.2, -0.15) is 0 Å². The summed E-state index contributed by atoms with van der Waals surface area (Å²) in [5.74, 6) is 0.135. The fraction of sp³-hybridized carbons (Fsp3) is 0.929. The van der Waals surface area contributed by atoms with Gasteiger partial charge in [-0.1, -0.05) is 34.1 Å². The van der Waals surface area contributed by atoms with Crippen molar-refractivity contribution in [2.24, 2.45) is 11.3 Å². The highest BCUT2D eigenvalue weighted by atomic mass is 16.5. The standard InChI is InChI=1S/C14H27NO2/c1-10(2)12(13(16)17-5)15-11-7-6-8-14(3,4)9-11/h10-12,15H,6-9H2,1-5H3/t11?,12-/m0/s1. The minimum absolute atomic E-state index is 0.136. The second-order valence-electron chi connectivity index (χ2n) is 6.37. The van der Waals surface area contributed by atoms with Crippen molar-refractivity contribution < 1.29 is 9.53 Å². The fourth-order valence-electron chi connectivity index (χ4n) is 2.75. The first kappa shape index (κ1) is 14.5. The highest BCUT2D eigenvalue weighted by molar-refractivity contribution is 5.75. The first-order valence-electron chi connectivity index (χ1n) is 6.69. The van der Waals surface area contributed by atoms with Crippen molar-refractivity contribution in [2.75, 3.05) is 7.11 Å². The highest BCUT2D eigenvalue weighted by Gasteiger charge is 2.32. The lowest BCUT2D eigenvalue weighted by Gasteiger charge is -2.37. The molecule has 0 saturated heterocycles. The summed E-state index contributed by atoms with van der Waals surface area (Å²) in [7, 11) is 1.46. The Hall–Kier alpha value is -0.570. The van der Waals surface area contributed by atoms with E-state index in [9.17, 15) is 4.79 Å². The molecule has 1 unspecified atom stereocenters. The molecule has 0 bridgehead atoms. The van der Waals surface area contributed by atoms with E-state index < -0.39 is 0 Å². The van der Waals surface area contributed by atoms with Crippen molar-refractivity contribution >= 4 is 5.97 Å². The third-order valence-electron chi connectivity index (χ3n) is 3.74. The monoisotopic (exact) mass is 241 g/mol. The number of hydrogen-bond acceptors (Lipinski definition) is 3. The van der Waals surface area contributed by atoms with Crippen molar-refractivity contribution in [3.8, 4) is 0 Å². The van der Waals surface area contributed by atoms with E-state index in [1.807, 2.05) is 0 Å². The van der Waals surface area contributed by atoms with Crippen LogP contribution in [0.1, 0.15) is 53.4 Å². The zero-order chi connectivity index (χ0) is 13.1. The number of methoxy groups -OCH3 is 1.